The summed E-state index contributed by atoms with van der Waals surface area (Å²) in [7, 11) is 0. The normalized spacial score (nSPS) is 9.68. The summed E-state index contributed by atoms with van der Waals surface area (Å²) in [5.74, 6) is -1.97. The number of carboxylic acid groups (broad SMARTS) is 1. The number of carbonyl (C=O) groups excluding carboxylic acids is 2. The maximum atomic E-state index is 11.6. The molecule has 0 heterocycles. The van der Waals surface area contributed by atoms with E-state index in [9.17, 15) is 14.4 Å². The van der Waals surface area contributed by atoms with E-state index in [2.05, 4.69) is 10.2 Å². The summed E-state index contributed by atoms with van der Waals surface area (Å²) >= 11 is 0. The SMILES string of the molecule is O=C(O)CONC(=O)CCNC(=O)c1ccccc1. The molecule has 0 aliphatic carbocycles. The third-order valence-corrected chi connectivity index (χ3v) is 2.06. The molecule has 7 nitrogen and oxygen atoms in total. The van der Waals surface area contributed by atoms with Crippen molar-refractivity contribution >= 4 is 17.8 Å². The highest BCUT2D eigenvalue weighted by Gasteiger charge is 2.06. The van der Waals surface area contributed by atoms with E-state index in [4.69, 9.17) is 5.11 Å². The molecule has 1 aromatic rings. The molecule has 1 aromatic carbocycles. The van der Waals surface area contributed by atoms with Crippen LogP contribution in [0, 0.1) is 0 Å². The van der Waals surface area contributed by atoms with Gasteiger partial charge in [0.25, 0.3) is 5.91 Å². The van der Waals surface area contributed by atoms with Gasteiger partial charge < -0.3 is 10.4 Å². The van der Waals surface area contributed by atoms with Gasteiger partial charge >= 0.3 is 5.97 Å². The standard InChI is InChI=1S/C12H14N2O5/c15-10(14-19-8-11(16)17)6-7-13-12(18)9-4-2-1-3-5-9/h1-5H,6-8H2,(H,13,18)(H,14,15)(H,16,17). The number of nitrogens with one attached hydrogen (secondary N) is 2. The number of rotatable bonds is 7. The zero-order valence-corrected chi connectivity index (χ0v) is 10.1. The molecule has 0 fully saturated rings. The number of aliphatic carboxylic acids is 1. The lowest BCUT2D eigenvalue weighted by molar-refractivity contribution is -0.149. The summed E-state index contributed by atoms with van der Waals surface area (Å²) in [6.45, 7) is -0.474. The minimum absolute atomic E-state index is 0.00179. The highest BCUT2D eigenvalue weighted by atomic mass is 16.7. The van der Waals surface area contributed by atoms with Gasteiger partial charge in [-0.15, -0.1) is 0 Å². The molecule has 0 aliphatic heterocycles. The molecular formula is C12H14N2O5. The lowest BCUT2D eigenvalue weighted by atomic mass is 10.2. The molecule has 102 valence electrons. The predicted molar refractivity (Wildman–Crippen MR) is 65.1 cm³/mol. The number of hydrogen-bond donors (Lipinski definition) is 3. The molecule has 19 heavy (non-hydrogen) atoms. The van der Waals surface area contributed by atoms with Crippen molar-refractivity contribution in [3.63, 3.8) is 0 Å². The first-order valence-corrected chi connectivity index (χ1v) is 5.55. The molecule has 0 unspecified atom stereocenters. The van der Waals surface area contributed by atoms with Gasteiger partial charge in [0.15, 0.2) is 6.61 Å². The number of carbonyl (C=O) groups is 3. The van der Waals surface area contributed by atoms with E-state index in [0.717, 1.165) is 0 Å². The van der Waals surface area contributed by atoms with Crippen LogP contribution in [0.4, 0.5) is 0 Å². The van der Waals surface area contributed by atoms with Crippen LogP contribution in [-0.2, 0) is 14.4 Å². The van der Waals surface area contributed by atoms with Crippen molar-refractivity contribution in [1.29, 1.82) is 0 Å². The van der Waals surface area contributed by atoms with Gasteiger partial charge in [-0.25, -0.2) is 10.3 Å². The lowest BCUT2D eigenvalue weighted by Crippen LogP contribution is -2.31. The highest BCUT2D eigenvalue weighted by Crippen LogP contribution is 1.97. The van der Waals surface area contributed by atoms with E-state index in [1.165, 1.54) is 0 Å². The highest BCUT2D eigenvalue weighted by molar-refractivity contribution is 5.94. The Balaban J connectivity index is 2.18. The Hall–Kier alpha value is -2.41. The van der Waals surface area contributed by atoms with E-state index in [0.29, 0.717) is 5.56 Å². The number of hydroxylamine groups is 1. The fourth-order valence-corrected chi connectivity index (χ4v) is 1.21. The van der Waals surface area contributed by atoms with Gasteiger partial charge in [-0.3, -0.25) is 14.4 Å². The Morgan fingerprint density at radius 1 is 1.16 bits per heavy atom. The fourth-order valence-electron chi connectivity index (χ4n) is 1.21. The quantitative estimate of drug-likeness (QED) is 0.600. The van der Waals surface area contributed by atoms with Crippen LogP contribution in [0.2, 0.25) is 0 Å². The molecule has 0 bridgehead atoms. The van der Waals surface area contributed by atoms with E-state index in [-0.39, 0.29) is 18.9 Å². The first kappa shape index (κ1) is 14.7. The molecule has 0 aromatic heterocycles. The summed E-state index contributed by atoms with van der Waals surface area (Å²) in [6, 6.07) is 8.59. The first-order valence-electron chi connectivity index (χ1n) is 5.55. The third kappa shape index (κ3) is 6.18. The molecule has 0 radical (unpaired) electrons. The van der Waals surface area contributed by atoms with Gasteiger partial charge in [0, 0.05) is 18.5 Å². The summed E-state index contributed by atoms with van der Waals surface area (Å²) in [4.78, 5) is 37.2. The number of amides is 2. The van der Waals surface area contributed by atoms with Crippen molar-refractivity contribution in [2.45, 2.75) is 6.42 Å². The molecule has 0 saturated carbocycles. The van der Waals surface area contributed by atoms with Gasteiger partial charge in [0.05, 0.1) is 0 Å². The summed E-state index contributed by atoms with van der Waals surface area (Å²) in [5.41, 5.74) is 2.46. The van der Waals surface area contributed by atoms with Crippen LogP contribution in [0.3, 0.4) is 0 Å². The van der Waals surface area contributed by atoms with Gasteiger partial charge in [0.1, 0.15) is 0 Å². The topological polar surface area (TPSA) is 105 Å². The molecule has 0 spiro atoms. The predicted octanol–water partition coefficient (Wildman–Crippen LogP) is -0.0611. The first-order chi connectivity index (χ1) is 9.09. The minimum atomic E-state index is -1.18. The fraction of sp³-hybridized carbons (Fsp3) is 0.250. The Bertz CT molecular complexity index is 447. The van der Waals surface area contributed by atoms with Crippen LogP contribution in [0.15, 0.2) is 30.3 Å². The number of carboxylic acids is 1. The van der Waals surface area contributed by atoms with Crippen molar-refractivity contribution in [2.24, 2.45) is 0 Å². The van der Waals surface area contributed by atoms with E-state index in [1.807, 2.05) is 5.48 Å². The van der Waals surface area contributed by atoms with Crippen LogP contribution >= 0.6 is 0 Å². The Labute approximate surface area is 109 Å². The van der Waals surface area contributed by atoms with E-state index < -0.39 is 18.5 Å². The van der Waals surface area contributed by atoms with Gasteiger partial charge in [0.2, 0.25) is 5.91 Å². The average Bonchev–Trinajstić information content (AvgIpc) is 2.39. The van der Waals surface area contributed by atoms with Crippen molar-refractivity contribution < 1.29 is 24.3 Å². The largest absolute Gasteiger partial charge is 0.479 e. The minimum Gasteiger partial charge on any atom is -0.479 e. The second kappa shape index (κ2) is 7.83. The van der Waals surface area contributed by atoms with Crippen LogP contribution in [0.25, 0.3) is 0 Å². The lowest BCUT2D eigenvalue weighted by Gasteiger charge is -2.05. The second-order valence-electron chi connectivity index (χ2n) is 3.58. The van der Waals surface area contributed by atoms with Crippen molar-refractivity contribution in [3.8, 4) is 0 Å². The number of benzene rings is 1. The Morgan fingerprint density at radius 2 is 1.84 bits per heavy atom. The number of hydrogen-bond acceptors (Lipinski definition) is 4. The maximum Gasteiger partial charge on any atom is 0.332 e. The van der Waals surface area contributed by atoms with E-state index in [1.54, 1.807) is 30.3 Å². The molecule has 1 rings (SSSR count). The van der Waals surface area contributed by atoms with E-state index >= 15 is 0 Å². The van der Waals surface area contributed by atoms with Crippen molar-refractivity contribution in [1.82, 2.24) is 10.8 Å². The molecule has 0 aliphatic rings. The maximum absolute atomic E-state index is 11.6. The van der Waals surface area contributed by atoms with Crippen molar-refractivity contribution in [3.05, 3.63) is 35.9 Å². The Morgan fingerprint density at radius 3 is 2.47 bits per heavy atom. The molecule has 3 N–H and O–H groups in total. The van der Waals surface area contributed by atoms with Crippen LogP contribution in [0.5, 0.6) is 0 Å². The summed E-state index contributed by atoms with van der Waals surface area (Å²) in [6.07, 6.45) is -0.00179. The smallest absolute Gasteiger partial charge is 0.332 e. The molecule has 0 saturated heterocycles. The molecule has 2 amide bonds. The molecule has 0 atom stereocenters. The molecular weight excluding hydrogens is 252 g/mol. The van der Waals surface area contributed by atoms with Crippen LogP contribution < -0.4 is 10.8 Å². The zero-order chi connectivity index (χ0) is 14.1. The monoisotopic (exact) mass is 266 g/mol. The second-order valence-corrected chi connectivity index (χ2v) is 3.58. The summed E-state index contributed by atoms with van der Waals surface area (Å²) < 4.78 is 0. The average molecular weight is 266 g/mol. The Kier molecular flexibility index (Phi) is 6.04. The summed E-state index contributed by atoms with van der Waals surface area (Å²) in [5, 5.41) is 10.8. The third-order valence-electron chi connectivity index (χ3n) is 2.06. The van der Waals surface area contributed by atoms with Gasteiger partial charge in [-0.2, -0.15) is 0 Å². The molecule has 7 heteroatoms. The van der Waals surface area contributed by atoms with Crippen LogP contribution in [0.1, 0.15) is 16.8 Å². The zero-order valence-electron chi connectivity index (χ0n) is 10.1. The van der Waals surface area contributed by atoms with Crippen LogP contribution in [-0.4, -0.2) is 36.0 Å². The van der Waals surface area contributed by atoms with Gasteiger partial charge in [-0.1, -0.05) is 18.2 Å². The van der Waals surface area contributed by atoms with Gasteiger partial charge in [-0.05, 0) is 12.1 Å². The van der Waals surface area contributed by atoms with Crippen molar-refractivity contribution in [2.75, 3.05) is 13.2 Å².